The van der Waals surface area contributed by atoms with Gasteiger partial charge in [-0.25, -0.2) is 4.68 Å². The van der Waals surface area contributed by atoms with Crippen LogP contribution in [0.2, 0.25) is 0 Å². The second-order valence-electron chi connectivity index (χ2n) is 6.71. The van der Waals surface area contributed by atoms with Crippen LogP contribution in [0.3, 0.4) is 0 Å². The van der Waals surface area contributed by atoms with Crippen LogP contribution in [0, 0.1) is 0 Å². The van der Waals surface area contributed by atoms with E-state index in [2.05, 4.69) is 25.7 Å². The topological polar surface area (TPSA) is 96.2 Å². The zero-order chi connectivity index (χ0) is 20.1. The largest absolute Gasteiger partial charge is 0.351 e. The molecule has 150 valence electrons. The van der Waals surface area contributed by atoms with E-state index in [1.807, 2.05) is 39.9 Å². The molecule has 4 rings (SSSR count). The van der Waals surface area contributed by atoms with Gasteiger partial charge >= 0.3 is 0 Å². The Morgan fingerprint density at radius 1 is 1.10 bits per heavy atom. The number of aromatic nitrogens is 4. The molecule has 0 saturated carbocycles. The van der Waals surface area contributed by atoms with Crippen molar-refractivity contribution in [2.45, 2.75) is 0 Å². The van der Waals surface area contributed by atoms with Gasteiger partial charge in [0, 0.05) is 55.8 Å². The first-order valence-electron chi connectivity index (χ1n) is 9.36. The van der Waals surface area contributed by atoms with Gasteiger partial charge in [0.2, 0.25) is 0 Å². The highest BCUT2D eigenvalue weighted by atomic mass is 32.1. The molecule has 0 radical (unpaired) electrons. The minimum absolute atomic E-state index is 0.00494. The van der Waals surface area contributed by atoms with E-state index >= 15 is 0 Å². The van der Waals surface area contributed by atoms with Gasteiger partial charge in [0.1, 0.15) is 6.33 Å². The maximum Gasteiger partial charge on any atom is 0.254 e. The van der Waals surface area contributed by atoms with Crippen molar-refractivity contribution in [3.63, 3.8) is 0 Å². The number of thiophene rings is 1. The second-order valence-corrected chi connectivity index (χ2v) is 7.49. The van der Waals surface area contributed by atoms with Crippen LogP contribution in [0.25, 0.3) is 5.69 Å². The predicted molar refractivity (Wildman–Crippen MR) is 108 cm³/mol. The predicted octanol–water partition coefficient (Wildman–Crippen LogP) is 0.912. The number of rotatable bonds is 6. The lowest BCUT2D eigenvalue weighted by molar-refractivity contribution is 0.0638. The average Bonchev–Trinajstić information content (AvgIpc) is 3.48. The number of hydrogen-bond acceptors (Lipinski definition) is 7. The van der Waals surface area contributed by atoms with Crippen molar-refractivity contribution in [2.75, 3.05) is 39.3 Å². The number of amides is 2. The number of carbonyl (C=O) groups is 2. The highest BCUT2D eigenvalue weighted by Gasteiger charge is 2.22. The lowest BCUT2D eigenvalue weighted by Crippen LogP contribution is -2.50. The van der Waals surface area contributed by atoms with E-state index in [1.165, 1.54) is 22.3 Å². The van der Waals surface area contributed by atoms with Crippen LogP contribution in [0.1, 0.15) is 20.7 Å². The molecule has 10 heteroatoms. The Balaban J connectivity index is 1.26. The van der Waals surface area contributed by atoms with Crippen LogP contribution in [0.15, 0.2) is 47.4 Å². The molecule has 1 aliphatic heterocycles. The molecule has 2 aromatic heterocycles. The third-order valence-corrected chi connectivity index (χ3v) is 5.55. The van der Waals surface area contributed by atoms with Crippen molar-refractivity contribution >= 4 is 23.2 Å². The van der Waals surface area contributed by atoms with Gasteiger partial charge in [0.15, 0.2) is 0 Å². The van der Waals surface area contributed by atoms with Crippen LogP contribution in [0.5, 0.6) is 0 Å². The van der Waals surface area contributed by atoms with Crippen LogP contribution >= 0.6 is 11.3 Å². The number of tetrazole rings is 1. The first kappa shape index (κ1) is 19.2. The molecule has 29 heavy (non-hydrogen) atoms. The van der Waals surface area contributed by atoms with Crippen molar-refractivity contribution < 1.29 is 9.59 Å². The Labute approximate surface area is 171 Å². The summed E-state index contributed by atoms with van der Waals surface area (Å²) in [4.78, 5) is 28.9. The first-order chi connectivity index (χ1) is 14.2. The number of piperazine rings is 1. The summed E-state index contributed by atoms with van der Waals surface area (Å²) in [6.45, 7) is 4.25. The van der Waals surface area contributed by atoms with Crippen molar-refractivity contribution in [3.8, 4) is 5.69 Å². The maximum absolute atomic E-state index is 12.9. The standard InChI is InChI=1S/C19H21N7O2S/c27-18(16-4-11-29-13-16)20-5-6-24-7-9-25(10-8-24)19(28)15-2-1-3-17(12-15)26-14-21-22-23-26/h1-4,11-14H,5-10H2,(H,20,27). The SMILES string of the molecule is O=C(NCCN1CCN(C(=O)c2cccc(-n3cnnn3)c2)CC1)c1ccsc1. The fourth-order valence-electron chi connectivity index (χ4n) is 3.24. The normalized spacial score (nSPS) is 14.7. The number of nitrogens with zero attached hydrogens (tertiary/aromatic N) is 6. The van der Waals surface area contributed by atoms with Gasteiger partial charge in [0.25, 0.3) is 11.8 Å². The average molecular weight is 411 g/mol. The lowest BCUT2D eigenvalue weighted by atomic mass is 10.1. The summed E-state index contributed by atoms with van der Waals surface area (Å²) in [5.41, 5.74) is 2.07. The van der Waals surface area contributed by atoms with Crippen molar-refractivity contribution in [1.29, 1.82) is 0 Å². The smallest absolute Gasteiger partial charge is 0.254 e. The highest BCUT2D eigenvalue weighted by molar-refractivity contribution is 7.08. The summed E-state index contributed by atoms with van der Waals surface area (Å²) in [6, 6.07) is 9.11. The van der Waals surface area contributed by atoms with Gasteiger partial charge in [-0.15, -0.1) is 5.10 Å². The van der Waals surface area contributed by atoms with Gasteiger partial charge < -0.3 is 10.2 Å². The molecule has 0 spiro atoms. The fourth-order valence-corrected chi connectivity index (χ4v) is 3.88. The maximum atomic E-state index is 12.9. The van der Waals surface area contributed by atoms with Crippen LogP contribution in [0.4, 0.5) is 0 Å². The minimum atomic E-state index is -0.0393. The Kier molecular flexibility index (Phi) is 5.92. The third kappa shape index (κ3) is 4.66. The molecular weight excluding hydrogens is 390 g/mol. The molecular formula is C19H21N7O2S. The quantitative estimate of drug-likeness (QED) is 0.648. The number of benzene rings is 1. The molecule has 1 aliphatic rings. The van der Waals surface area contributed by atoms with E-state index in [9.17, 15) is 9.59 Å². The molecule has 2 amide bonds. The Bertz CT molecular complexity index is 951. The van der Waals surface area contributed by atoms with Crippen LogP contribution in [-0.2, 0) is 0 Å². The summed E-state index contributed by atoms with van der Waals surface area (Å²) in [5, 5.41) is 17.8. The number of carbonyl (C=O) groups excluding carboxylic acids is 2. The summed E-state index contributed by atoms with van der Waals surface area (Å²) in [6.07, 6.45) is 1.50. The van der Waals surface area contributed by atoms with Gasteiger partial charge in [-0.05, 0) is 40.1 Å². The summed E-state index contributed by atoms with van der Waals surface area (Å²) in [5.74, 6) is -0.0344. The Hall–Kier alpha value is -3.11. The molecule has 1 aromatic carbocycles. The molecule has 1 N–H and O–H groups in total. The van der Waals surface area contributed by atoms with E-state index in [-0.39, 0.29) is 11.8 Å². The molecule has 0 aliphatic carbocycles. The van der Waals surface area contributed by atoms with Crippen molar-refractivity contribution in [3.05, 3.63) is 58.5 Å². The summed E-state index contributed by atoms with van der Waals surface area (Å²) < 4.78 is 1.53. The minimum Gasteiger partial charge on any atom is -0.351 e. The Morgan fingerprint density at radius 3 is 2.69 bits per heavy atom. The molecule has 3 aromatic rings. The molecule has 1 fully saturated rings. The van der Waals surface area contributed by atoms with E-state index in [4.69, 9.17) is 0 Å². The molecule has 9 nitrogen and oxygen atoms in total. The summed E-state index contributed by atoms with van der Waals surface area (Å²) in [7, 11) is 0. The molecule has 0 atom stereocenters. The van der Waals surface area contributed by atoms with E-state index in [0.717, 1.165) is 25.3 Å². The zero-order valence-corrected chi connectivity index (χ0v) is 16.6. The van der Waals surface area contributed by atoms with Gasteiger partial charge in [-0.3, -0.25) is 14.5 Å². The van der Waals surface area contributed by atoms with Gasteiger partial charge in [0.05, 0.1) is 5.69 Å². The molecule has 0 bridgehead atoms. The van der Waals surface area contributed by atoms with E-state index < -0.39 is 0 Å². The number of nitrogens with one attached hydrogen (secondary N) is 1. The highest BCUT2D eigenvalue weighted by Crippen LogP contribution is 2.13. The molecule has 1 saturated heterocycles. The second kappa shape index (κ2) is 8.93. The number of hydrogen-bond donors (Lipinski definition) is 1. The zero-order valence-electron chi connectivity index (χ0n) is 15.8. The van der Waals surface area contributed by atoms with Gasteiger partial charge in [-0.2, -0.15) is 11.3 Å². The van der Waals surface area contributed by atoms with E-state index in [1.54, 1.807) is 6.07 Å². The molecule has 3 heterocycles. The monoisotopic (exact) mass is 411 g/mol. The Morgan fingerprint density at radius 2 is 1.97 bits per heavy atom. The summed E-state index contributed by atoms with van der Waals surface area (Å²) >= 11 is 1.51. The van der Waals surface area contributed by atoms with Gasteiger partial charge in [-0.1, -0.05) is 6.07 Å². The fraction of sp³-hybridized carbons (Fsp3) is 0.316. The van der Waals surface area contributed by atoms with Crippen molar-refractivity contribution in [1.82, 2.24) is 35.3 Å². The third-order valence-electron chi connectivity index (χ3n) is 4.86. The van der Waals surface area contributed by atoms with Crippen LogP contribution < -0.4 is 5.32 Å². The van der Waals surface area contributed by atoms with Crippen LogP contribution in [-0.4, -0.2) is 81.1 Å². The lowest BCUT2D eigenvalue weighted by Gasteiger charge is -2.34. The first-order valence-corrected chi connectivity index (χ1v) is 10.3. The van der Waals surface area contributed by atoms with E-state index in [0.29, 0.717) is 30.8 Å². The molecule has 0 unspecified atom stereocenters. The van der Waals surface area contributed by atoms with Crippen molar-refractivity contribution in [2.24, 2.45) is 0 Å².